The lowest BCUT2D eigenvalue weighted by molar-refractivity contribution is 0.0624. The molecule has 1 aliphatic carbocycles. The molecule has 1 aliphatic heterocycles. The average molecular weight is 808 g/mol. The summed E-state index contributed by atoms with van der Waals surface area (Å²) in [6.45, 7) is 11.0. The van der Waals surface area contributed by atoms with Gasteiger partial charge in [-0.25, -0.2) is 14.0 Å². The Balaban J connectivity index is 1.21. The van der Waals surface area contributed by atoms with Crippen LogP contribution < -0.4 is 15.4 Å². The number of anilines is 2. The van der Waals surface area contributed by atoms with Crippen molar-refractivity contribution in [2.24, 2.45) is 0 Å². The number of allylic oxidation sites excluding steroid dienone is 8. The van der Waals surface area contributed by atoms with Crippen molar-refractivity contribution in [3.05, 3.63) is 160 Å². The van der Waals surface area contributed by atoms with Gasteiger partial charge in [0, 0.05) is 33.5 Å². The van der Waals surface area contributed by atoms with Gasteiger partial charge in [-0.1, -0.05) is 84.4 Å². The number of halogens is 1. The molecule has 300 valence electrons. The van der Waals surface area contributed by atoms with Crippen LogP contribution >= 0.6 is 11.6 Å². The SMILES string of the molecule is CC(C)(C)OC(=O)Nc1ccc2c(c1)OC(c1ccccc1)=C/C2=C\C=C1/CCCC(/C=C/c2cc(-c3ccccc3)[o+]c3cc(NC(=O)OC(C)(C)C)ccc23)=C1Cl. The molecule has 59 heavy (non-hydrogen) atoms. The first-order chi connectivity index (χ1) is 28.2. The Bertz CT molecular complexity index is 2560. The maximum Gasteiger partial charge on any atom is 0.412 e. The summed E-state index contributed by atoms with van der Waals surface area (Å²) < 4.78 is 23.8. The van der Waals surface area contributed by atoms with Gasteiger partial charge in [0.05, 0.1) is 28.8 Å². The van der Waals surface area contributed by atoms with Gasteiger partial charge in [0.2, 0.25) is 0 Å². The van der Waals surface area contributed by atoms with Crippen molar-refractivity contribution in [2.45, 2.75) is 72.0 Å². The number of amides is 2. The van der Waals surface area contributed by atoms with Gasteiger partial charge in [0.15, 0.2) is 0 Å². The van der Waals surface area contributed by atoms with E-state index in [-0.39, 0.29) is 0 Å². The Morgan fingerprint density at radius 2 is 1.36 bits per heavy atom. The topological polar surface area (TPSA) is 97.2 Å². The first-order valence-corrected chi connectivity index (χ1v) is 20.1. The Hall–Kier alpha value is -6.38. The molecule has 2 N–H and O–H groups in total. The lowest BCUT2D eigenvalue weighted by Gasteiger charge is -2.23. The second kappa shape index (κ2) is 17.2. The number of fused-ring (bicyclic) bond motifs is 2. The second-order valence-corrected chi connectivity index (χ2v) is 16.8. The highest BCUT2D eigenvalue weighted by Crippen LogP contribution is 2.40. The molecular weight excluding hydrogens is 760 g/mol. The number of hydrogen-bond acceptors (Lipinski definition) is 5. The largest absolute Gasteiger partial charge is 0.456 e. The van der Waals surface area contributed by atoms with E-state index in [1.54, 1.807) is 0 Å². The molecule has 0 saturated carbocycles. The minimum Gasteiger partial charge on any atom is -0.456 e. The van der Waals surface area contributed by atoms with Crippen LogP contribution in [-0.4, -0.2) is 23.4 Å². The van der Waals surface area contributed by atoms with E-state index in [0.717, 1.165) is 68.7 Å². The molecule has 2 aliphatic rings. The van der Waals surface area contributed by atoms with Crippen LogP contribution in [-0.2, 0) is 9.47 Å². The van der Waals surface area contributed by atoms with E-state index in [1.807, 2.05) is 151 Å². The van der Waals surface area contributed by atoms with Gasteiger partial charge < -0.3 is 14.2 Å². The molecule has 0 fully saturated rings. The summed E-state index contributed by atoms with van der Waals surface area (Å²) in [5.74, 6) is 1.99. The molecule has 7 rings (SSSR count). The van der Waals surface area contributed by atoms with Crippen LogP contribution in [0.4, 0.5) is 21.0 Å². The summed E-state index contributed by atoms with van der Waals surface area (Å²) in [5, 5.41) is 7.25. The summed E-state index contributed by atoms with van der Waals surface area (Å²) in [6, 6.07) is 33.0. The predicted molar refractivity (Wildman–Crippen MR) is 239 cm³/mol. The van der Waals surface area contributed by atoms with Crippen molar-refractivity contribution in [1.29, 1.82) is 0 Å². The first-order valence-electron chi connectivity index (χ1n) is 19.7. The van der Waals surface area contributed by atoms with Crippen molar-refractivity contribution in [1.82, 2.24) is 0 Å². The van der Waals surface area contributed by atoms with Crippen LogP contribution in [0.1, 0.15) is 77.5 Å². The van der Waals surface area contributed by atoms with Gasteiger partial charge >= 0.3 is 23.5 Å². The molecular formula is C50H48ClN2O6+. The Kier molecular flexibility index (Phi) is 11.9. The van der Waals surface area contributed by atoms with Crippen molar-refractivity contribution >= 4 is 63.5 Å². The zero-order valence-electron chi connectivity index (χ0n) is 34.2. The number of hydrogen-bond donors (Lipinski definition) is 2. The van der Waals surface area contributed by atoms with Crippen molar-refractivity contribution < 1.29 is 28.2 Å². The molecule has 4 aromatic carbocycles. The summed E-state index contributed by atoms with van der Waals surface area (Å²) >= 11 is 7.20. The maximum absolute atomic E-state index is 12.6. The molecule has 2 amide bonds. The van der Waals surface area contributed by atoms with Gasteiger partial charge in [0.1, 0.15) is 22.7 Å². The molecule has 5 aromatic rings. The van der Waals surface area contributed by atoms with Gasteiger partial charge in [-0.05, 0) is 120 Å². The van der Waals surface area contributed by atoms with Crippen LogP contribution in [0.15, 0.2) is 148 Å². The number of ether oxygens (including phenoxy) is 3. The van der Waals surface area contributed by atoms with E-state index in [9.17, 15) is 9.59 Å². The zero-order chi connectivity index (χ0) is 41.7. The molecule has 1 aromatic heterocycles. The molecule has 0 spiro atoms. The van der Waals surface area contributed by atoms with E-state index < -0.39 is 23.4 Å². The minimum atomic E-state index is -0.627. The van der Waals surface area contributed by atoms with E-state index in [1.165, 1.54) is 0 Å². The van der Waals surface area contributed by atoms with Crippen LogP contribution in [0.3, 0.4) is 0 Å². The molecule has 8 nitrogen and oxygen atoms in total. The third-order valence-electron chi connectivity index (χ3n) is 9.39. The molecule has 9 heteroatoms. The van der Waals surface area contributed by atoms with Gasteiger partial charge in [0.25, 0.3) is 0 Å². The molecule has 0 unspecified atom stereocenters. The second-order valence-electron chi connectivity index (χ2n) is 16.4. The molecule has 0 saturated heterocycles. The Morgan fingerprint density at radius 1 is 0.729 bits per heavy atom. The van der Waals surface area contributed by atoms with Crippen molar-refractivity contribution in [2.75, 3.05) is 10.6 Å². The van der Waals surface area contributed by atoms with Crippen LogP contribution in [0.2, 0.25) is 0 Å². The molecule has 0 radical (unpaired) electrons. The highest BCUT2D eigenvalue weighted by Gasteiger charge is 2.23. The smallest absolute Gasteiger partial charge is 0.412 e. The van der Waals surface area contributed by atoms with E-state index in [4.69, 9.17) is 30.2 Å². The lowest BCUT2D eigenvalue weighted by atomic mass is 9.92. The van der Waals surface area contributed by atoms with Crippen LogP contribution in [0.5, 0.6) is 5.75 Å². The number of rotatable bonds is 7. The third kappa shape index (κ3) is 10.6. The minimum absolute atomic E-state index is 0.537. The van der Waals surface area contributed by atoms with E-state index in [2.05, 4.69) is 34.9 Å². The fourth-order valence-corrected chi connectivity index (χ4v) is 7.09. The van der Waals surface area contributed by atoms with Crippen LogP contribution in [0, 0.1) is 0 Å². The molecule has 0 bridgehead atoms. The normalized spacial score (nSPS) is 15.8. The number of benzene rings is 4. The highest BCUT2D eigenvalue weighted by molar-refractivity contribution is 6.32. The Morgan fingerprint density at radius 3 is 2.02 bits per heavy atom. The van der Waals surface area contributed by atoms with Gasteiger partial charge in [-0.15, -0.1) is 0 Å². The summed E-state index contributed by atoms with van der Waals surface area (Å²) in [6.07, 6.45) is 11.9. The van der Waals surface area contributed by atoms with Crippen molar-refractivity contribution in [3.63, 3.8) is 0 Å². The predicted octanol–water partition coefficient (Wildman–Crippen LogP) is 14.2. The number of carbonyl (C=O) groups is 2. The van der Waals surface area contributed by atoms with E-state index >= 15 is 0 Å². The molecule has 0 atom stereocenters. The Labute approximate surface area is 350 Å². The monoisotopic (exact) mass is 807 g/mol. The van der Waals surface area contributed by atoms with Crippen LogP contribution in [0.25, 0.3) is 39.7 Å². The third-order valence-corrected chi connectivity index (χ3v) is 9.88. The number of carbonyl (C=O) groups excluding carboxylic acids is 2. The van der Waals surface area contributed by atoms with Crippen molar-refractivity contribution in [3.8, 4) is 17.1 Å². The summed E-state index contributed by atoms with van der Waals surface area (Å²) in [7, 11) is 0. The van der Waals surface area contributed by atoms with Gasteiger partial charge in [-0.2, -0.15) is 0 Å². The quantitative estimate of drug-likeness (QED) is 0.159. The molecule has 2 heterocycles. The standard InChI is InChI=1S/C50H47ClN2O6/c1-49(2,3)58-47(54)52-38-24-26-40-36(28-42(56-44(40)30-38)32-14-9-7-10-15-32)22-20-34-18-13-19-35(46(34)51)21-23-37-29-43(33-16-11-8-12-17-33)57-45-31-39(25-27-41(37)45)53-48(55)59-50(4,5)6/h7-12,14-17,20-31H,13,18-19H2,1-6H3,(H-,52,53,54,55)/p+1. The summed E-state index contributed by atoms with van der Waals surface area (Å²) in [4.78, 5) is 25.1. The fourth-order valence-electron chi connectivity index (χ4n) is 6.78. The van der Waals surface area contributed by atoms with Gasteiger partial charge in [-0.3, -0.25) is 10.6 Å². The lowest BCUT2D eigenvalue weighted by Crippen LogP contribution is -2.27. The fraction of sp³-hybridized carbons (Fsp3) is 0.220. The first kappa shape index (κ1) is 40.8. The number of nitrogens with one attached hydrogen (secondary N) is 2. The van der Waals surface area contributed by atoms with E-state index in [0.29, 0.717) is 34.2 Å². The highest BCUT2D eigenvalue weighted by atomic mass is 35.5. The summed E-state index contributed by atoms with van der Waals surface area (Å²) in [5.41, 5.74) is 7.19. The zero-order valence-corrected chi connectivity index (χ0v) is 34.9. The average Bonchev–Trinajstić information content (AvgIpc) is 3.18. The maximum atomic E-state index is 12.6.